The summed E-state index contributed by atoms with van der Waals surface area (Å²) in [6.45, 7) is 2.24. The van der Waals surface area contributed by atoms with Crippen LogP contribution in [0.1, 0.15) is 47.8 Å². The zero-order valence-electron chi connectivity index (χ0n) is 24.3. The maximum Gasteiger partial charge on any atom is 0.238 e. The molecule has 2 atom stereocenters. The molecule has 2 heterocycles. The summed E-state index contributed by atoms with van der Waals surface area (Å²) >= 11 is 0. The second-order valence-electron chi connectivity index (χ2n) is 11.5. The van der Waals surface area contributed by atoms with Gasteiger partial charge in [-0.1, -0.05) is 92.2 Å². The number of hydrogen-bond donors (Lipinski definition) is 0. The van der Waals surface area contributed by atoms with Crippen LogP contribution >= 0.6 is 0 Å². The van der Waals surface area contributed by atoms with Crippen LogP contribution in [-0.4, -0.2) is 19.9 Å². The number of aromatic nitrogens is 4. The Kier molecular flexibility index (Phi) is 7.63. The fraction of sp³-hybridized carbons (Fsp3) is 0.158. The molecule has 6 aromatic rings. The number of rotatable bonds is 6. The van der Waals surface area contributed by atoms with E-state index in [2.05, 4.69) is 60.4 Å². The van der Waals surface area contributed by atoms with Gasteiger partial charge in [0.05, 0.1) is 0 Å². The van der Waals surface area contributed by atoms with Crippen LogP contribution in [0.15, 0.2) is 115 Å². The van der Waals surface area contributed by atoms with E-state index in [-0.39, 0.29) is 20.1 Å². The Morgan fingerprint density at radius 1 is 0.682 bits per heavy atom. The molecule has 1 fully saturated rings. The molecule has 0 amide bonds. The number of fused-ring (bicyclic) bond motifs is 5. The quantitative estimate of drug-likeness (QED) is 0.159. The van der Waals surface area contributed by atoms with Gasteiger partial charge in [0.1, 0.15) is 0 Å². The van der Waals surface area contributed by atoms with Gasteiger partial charge in [-0.25, -0.2) is 4.98 Å². The summed E-state index contributed by atoms with van der Waals surface area (Å²) in [5.74, 6) is 3.15. The molecule has 44 heavy (non-hydrogen) atoms. The minimum atomic E-state index is 0. The first-order chi connectivity index (χ1) is 21.2. The van der Waals surface area contributed by atoms with E-state index in [9.17, 15) is 0 Å². The summed E-state index contributed by atoms with van der Waals surface area (Å²) in [6, 6.07) is 40.4. The molecule has 6 heteroatoms. The van der Waals surface area contributed by atoms with Gasteiger partial charge in [-0.05, 0) is 54.6 Å². The summed E-state index contributed by atoms with van der Waals surface area (Å²) in [4.78, 5) is 21.9. The van der Waals surface area contributed by atoms with Gasteiger partial charge >= 0.3 is 0 Å². The molecule has 2 bridgehead atoms. The van der Waals surface area contributed by atoms with Crippen LogP contribution in [0.4, 0.5) is 17.3 Å². The predicted octanol–water partition coefficient (Wildman–Crippen LogP) is 9.21. The maximum atomic E-state index is 5.03. The maximum absolute atomic E-state index is 5.03. The first-order valence-corrected chi connectivity index (χ1v) is 15.0. The van der Waals surface area contributed by atoms with Gasteiger partial charge in [0.2, 0.25) is 5.95 Å². The van der Waals surface area contributed by atoms with E-state index in [1.165, 1.54) is 30.4 Å². The molecule has 0 N–H and O–H groups in total. The minimum absolute atomic E-state index is 0. The smallest absolute Gasteiger partial charge is 0.238 e. The Morgan fingerprint density at radius 2 is 1.30 bits per heavy atom. The normalized spacial score (nSPS) is 16.3. The number of benzene rings is 4. The molecular formula is C38H30IrN5-. The average molecular weight is 749 g/mol. The number of pyridine rings is 1. The van der Waals surface area contributed by atoms with Crippen molar-refractivity contribution < 1.29 is 20.1 Å². The number of anilines is 3. The molecule has 2 unspecified atom stereocenters. The van der Waals surface area contributed by atoms with Crippen molar-refractivity contribution in [2.75, 3.05) is 4.90 Å². The van der Waals surface area contributed by atoms with Gasteiger partial charge in [0.25, 0.3) is 0 Å². The average Bonchev–Trinajstić information content (AvgIpc) is 3.70. The summed E-state index contributed by atoms with van der Waals surface area (Å²) in [7, 11) is 0. The topological polar surface area (TPSA) is 54.8 Å². The zero-order valence-corrected chi connectivity index (χ0v) is 26.7. The van der Waals surface area contributed by atoms with Gasteiger partial charge in [-0.15, -0.1) is 34.4 Å². The van der Waals surface area contributed by atoms with Crippen molar-refractivity contribution in [1.82, 2.24) is 19.9 Å². The predicted molar refractivity (Wildman–Crippen MR) is 172 cm³/mol. The fourth-order valence-electron chi connectivity index (χ4n) is 6.88. The largest absolute Gasteiger partial charge is 0.304 e. The van der Waals surface area contributed by atoms with E-state index in [1.54, 1.807) is 5.56 Å². The molecule has 1 saturated carbocycles. The van der Waals surface area contributed by atoms with E-state index in [0.29, 0.717) is 23.5 Å². The summed E-state index contributed by atoms with van der Waals surface area (Å²) in [5, 5.41) is 0. The Balaban J connectivity index is 0.00000312. The third-order valence-electron chi connectivity index (χ3n) is 8.90. The van der Waals surface area contributed by atoms with Crippen molar-refractivity contribution in [1.29, 1.82) is 0 Å². The van der Waals surface area contributed by atoms with Crippen LogP contribution in [0.25, 0.3) is 34.0 Å². The molecule has 8 rings (SSSR count). The summed E-state index contributed by atoms with van der Waals surface area (Å²) in [6.07, 6.45) is 5.81. The Bertz CT molecular complexity index is 1870. The third kappa shape index (κ3) is 5.04. The van der Waals surface area contributed by atoms with Crippen molar-refractivity contribution >= 4 is 17.3 Å². The van der Waals surface area contributed by atoms with Gasteiger partial charge in [-0.3, -0.25) is 4.90 Å². The molecule has 2 aromatic heterocycles. The van der Waals surface area contributed by atoms with Crippen molar-refractivity contribution in [2.24, 2.45) is 0 Å². The van der Waals surface area contributed by atoms with E-state index < -0.39 is 0 Å². The molecule has 217 valence electrons. The van der Waals surface area contributed by atoms with Crippen LogP contribution < -0.4 is 4.90 Å². The summed E-state index contributed by atoms with van der Waals surface area (Å²) < 4.78 is 0. The van der Waals surface area contributed by atoms with Crippen LogP contribution in [0.3, 0.4) is 0 Å². The second-order valence-corrected chi connectivity index (χ2v) is 11.5. The standard InChI is InChI=1S/C38H30N5.Ir/c1-25-32(20-21-33-27-17-18-28(23-27)35(25)33)34-22-19-29(24-39-34)37-40-36(26-11-5-2-6-12-26)41-38(42-37)43(30-13-7-3-8-14-30)31-15-9-4-10-16-31;/h2-16,19,21-22,24,27-28H,17-18,23H2,1H3;/q-1;. The zero-order chi connectivity index (χ0) is 28.8. The Labute approximate surface area is 271 Å². The molecule has 2 aliphatic rings. The van der Waals surface area contributed by atoms with Crippen LogP contribution in [0.2, 0.25) is 0 Å². The fourth-order valence-corrected chi connectivity index (χ4v) is 6.88. The van der Waals surface area contributed by atoms with Gasteiger partial charge in [-0.2, -0.15) is 9.97 Å². The molecular weight excluding hydrogens is 719 g/mol. The number of hydrogen-bond acceptors (Lipinski definition) is 5. The third-order valence-corrected chi connectivity index (χ3v) is 8.90. The Hall–Kier alpha value is -4.51. The SMILES string of the molecule is Cc1c(-c2ccc(-c3nc(-c4ccccc4)nc(N(c4ccccc4)c4ccccc4)n3)cn2)[c-]cc2c1C1CCC2C1.[Ir]. The van der Waals surface area contributed by atoms with E-state index in [1.807, 2.05) is 72.9 Å². The second kappa shape index (κ2) is 11.9. The van der Waals surface area contributed by atoms with E-state index in [4.69, 9.17) is 19.9 Å². The van der Waals surface area contributed by atoms with E-state index in [0.717, 1.165) is 39.7 Å². The number of nitrogens with zero attached hydrogens (tertiary/aromatic N) is 5. The van der Waals surface area contributed by atoms with Crippen molar-refractivity contribution in [3.63, 3.8) is 0 Å². The molecule has 0 aliphatic heterocycles. The van der Waals surface area contributed by atoms with Crippen LogP contribution in [0, 0.1) is 13.0 Å². The molecule has 1 radical (unpaired) electrons. The molecule has 0 spiro atoms. The molecule has 5 nitrogen and oxygen atoms in total. The van der Waals surface area contributed by atoms with E-state index >= 15 is 0 Å². The Morgan fingerprint density at radius 3 is 1.93 bits per heavy atom. The molecule has 4 aromatic carbocycles. The van der Waals surface area contributed by atoms with Gasteiger partial charge in [0.15, 0.2) is 11.6 Å². The van der Waals surface area contributed by atoms with Crippen molar-refractivity contribution in [3.8, 4) is 34.0 Å². The van der Waals surface area contributed by atoms with Gasteiger partial charge < -0.3 is 4.98 Å². The minimum Gasteiger partial charge on any atom is -0.304 e. The van der Waals surface area contributed by atoms with Gasteiger partial charge in [0, 0.05) is 48.8 Å². The summed E-state index contributed by atoms with van der Waals surface area (Å²) in [5.41, 5.74) is 10.1. The van der Waals surface area contributed by atoms with Crippen LogP contribution in [0.5, 0.6) is 0 Å². The number of para-hydroxylation sites is 2. The van der Waals surface area contributed by atoms with Crippen molar-refractivity contribution in [2.45, 2.75) is 38.0 Å². The monoisotopic (exact) mass is 749 g/mol. The van der Waals surface area contributed by atoms with Crippen LogP contribution in [-0.2, 0) is 20.1 Å². The molecule has 0 saturated heterocycles. The van der Waals surface area contributed by atoms with Crippen molar-refractivity contribution in [3.05, 3.63) is 138 Å². The first kappa shape index (κ1) is 28.3. The molecule has 2 aliphatic carbocycles. The first-order valence-electron chi connectivity index (χ1n) is 15.0.